The monoisotopic (exact) mass is 329 g/mol. The lowest BCUT2D eigenvalue weighted by molar-refractivity contribution is -0.183. The van der Waals surface area contributed by atoms with Gasteiger partial charge < -0.3 is 11.1 Å². The minimum atomic E-state index is -4.47. The Hall–Kier alpha value is -2.09. The summed E-state index contributed by atoms with van der Waals surface area (Å²) in [5.74, 6) is -4.57. The average Bonchev–Trinajstić information content (AvgIpc) is 2.90. The van der Waals surface area contributed by atoms with Gasteiger partial charge in [0, 0.05) is 19.6 Å². The van der Waals surface area contributed by atoms with E-state index in [4.69, 9.17) is 5.73 Å². The van der Waals surface area contributed by atoms with Crippen molar-refractivity contribution in [2.24, 2.45) is 17.6 Å². The minimum Gasteiger partial charge on any atom is -0.368 e. The molecule has 126 valence electrons. The number of amides is 2. The largest absolute Gasteiger partial charge is 0.393 e. The highest BCUT2D eigenvalue weighted by Crippen LogP contribution is 2.38. The van der Waals surface area contributed by atoms with Crippen molar-refractivity contribution >= 4 is 11.8 Å². The topological polar surface area (TPSA) is 75.4 Å². The van der Waals surface area contributed by atoms with Crippen molar-refractivity contribution in [1.29, 1.82) is 0 Å². The highest BCUT2D eigenvalue weighted by atomic mass is 19.4. The number of nitrogens with two attached hydrogens (primary N) is 1. The molecule has 5 nitrogen and oxygen atoms in total. The van der Waals surface area contributed by atoms with Crippen LogP contribution < -0.4 is 11.1 Å². The standard InChI is InChI=1S/C15H18F3N3O2/c16-15(17,18)12-9-21(7-10-4-2-1-3-5-10)8-11(12)14(23)20-6-13(19)22/h1-5,11-12H,6-9H2,(H2,19,22)(H,20,23)/t11-,12-/m1/s1. The van der Waals surface area contributed by atoms with Crippen molar-refractivity contribution in [2.45, 2.75) is 12.7 Å². The molecule has 2 rings (SSSR count). The average molecular weight is 329 g/mol. The molecule has 23 heavy (non-hydrogen) atoms. The molecule has 2 amide bonds. The van der Waals surface area contributed by atoms with E-state index in [0.29, 0.717) is 6.54 Å². The van der Waals surface area contributed by atoms with Gasteiger partial charge in [0.25, 0.3) is 0 Å². The summed E-state index contributed by atoms with van der Waals surface area (Å²) in [6.45, 7) is -0.373. The first kappa shape index (κ1) is 17.3. The molecule has 1 fully saturated rings. The SMILES string of the molecule is NC(=O)CNC(=O)[C@@H]1CN(Cc2ccccc2)C[C@H]1C(F)(F)F. The molecule has 0 radical (unpaired) electrons. The summed E-state index contributed by atoms with van der Waals surface area (Å²) in [5, 5.41) is 2.17. The second kappa shape index (κ2) is 6.99. The van der Waals surface area contributed by atoms with E-state index in [-0.39, 0.29) is 13.1 Å². The van der Waals surface area contributed by atoms with Crippen LogP contribution in [0.4, 0.5) is 13.2 Å². The molecule has 0 unspecified atom stereocenters. The van der Waals surface area contributed by atoms with Gasteiger partial charge in [-0.15, -0.1) is 0 Å². The Bertz CT molecular complexity index is 563. The number of hydrogen-bond donors (Lipinski definition) is 2. The lowest BCUT2D eigenvalue weighted by Gasteiger charge is -2.20. The Labute approximate surface area is 131 Å². The van der Waals surface area contributed by atoms with Gasteiger partial charge in [0.15, 0.2) is 0 Å². The predicted molar refractivity (Wildman–Crippen MR) is 77.0 cm³/mol. The lowest BCUT2D eigenvalue weighted by atomic mass is 9.94. The maximum atomic E-state index is 13.2. The summed E-state index contributed by atoms with van der Waals surface area (Å²) in [7, 11) is 0. The van der Waals surface area contributed by atoms with Gasteiger partial charge in [0.2, 0.25) is 11.8 Å². The number of alkyl halides is 3. The Balaban J connectivity index is 2.06. The van der Waals surface area contributed by atoms with Crippen LogP contribution in [0.25, 0.3) is 0 Å². The fourth-order valence-corrected chi connectivity index (χ4v) is 2.76. The Kier molecular flexibility index (Phi) is 5.25. The van der Waals surface area contributed by atoms with Crippen LogP contribution in [-0.4, -0.2) is 42.5 Å². The van der Waals surface area contributed by atoms with Gasteiger partial charge in [-0.1, -0.05) is 30.3 Å². The van der Waals surface area contributed by atoms with Gasteiger partial charge in [-0.3, -0.25) is 14.5 Å². The molecule has 1 aromatic carbocycles. The predicted octanol–water partition coefficient (Wildman–Crippen LogP) is 0.898. The molecule has 1 aromatic rings. The van der Waals surface area contributed by atoms with Crippen LogP contribution in [0.1, 0.15) is 5.56 Å². The summed E-state index contributed by atoms with van der Waals surface area (Å²) < 4.78 is 39.6. The van der Waals surface area contributed by atoms with E-state index in [2.05, 4.69) is 5.32 Å². The van der Waals surface area contributed by atoms with Gasteiger partial charge in [-0.2, -0.15) is 13.2 Å². The zero-order valence-corrected chi connectivity index (χ0v) is 12.3. The number of hydrogen-bond acceptors (Lipinski definition) is 3. The molecule has 2 atom stereocenters. The highest BCUT2D eigenvalue weighted by molar-refractivity contribution is 5.85. The van der Waals surface area contributed by atoms with Crippen LogP contribution in [0, 0.1) is 11.8 Å². The number of benzene rings is 1. The first-order valence-corrected chi connectivity index (χ1v) is 7.16. The molecular weight excluding hydrogens is 311 g/mol. The molecule has 8 heteroatoms. The van der Waals surface area contributed by atoms with Crippen LogP contribution in [-0.2, 0) is 16.1 Å². The molecule has 1 heterocycles. The van der Waals surface area contributed by atoms with Crippen LogP contribution in [0.2, 0.25) is 0 Å². The summed E-state index contributed by atoms with van der Waals surface area (Å²) in [5.41, 5.74) is 5.78. The van der Waals surface area contributed by atoms with Crippen molar-refractivity contribution < 1.29 is 22.8 Å². The third-order valence-electron chi connectivity index (χ3n) is 3.84. The summed E-state index contributed by atoms with van der Waals surface area (Å²) in [6, 6.07) is 9.09. The number of halogens is 3. The molecule has 1 aliphatic heterocycles. The molecule has 0 aromatic heterocycles. The second-order valence-electron chi connectivity index (χ2n) is 5.62. The zero-order chi connectivity index (χ0) is 17.0. The van der Waals surface area contributed by atoms with E-state index in [1.165, 1.54) is 0 Å². The molecule has 1 aliphatic rings. The normalized spacial score (nSPS) is 22.0. The maximum Gasteiger partial charge on any atom is 0.393 e. The van der Waals surface area contributed by atoms with Crippen molar-refractivity contribution in [3.63, 3.8) is 0 Å². The highest BCUT2D eigenvalue weighted by Gasteiger charge is 2.52. The summed E-state index contributed by atoms with van der Waals surface area (Å²) >= 11 is 0. The van der Waals surface area contributed by atoms with Gasteiger partial charge in [-0.05, 0) is 5.56 Å². The first-order chi connectivity index (χ1) is 10.8. The van der Waals surface area contributed by atoms with E-state index in [1.54, 1.807) is 4.90 Å². The Morgan fingerprint density at radius 2 is 1.87 bits per heavy atom. The first-order valence-electron chi connectivity index (χ1n) is 7.16. The summed E-state index contributed by atoms with van der Waals surface area (Å²) in [4.78, 5) is 24.2. The minimum absolute atomic E-state index is 0.0103. The van der Waals surface area contributed by atoms with Crippen molar-refractivity contribution in [1.82, 2.24) is 10.2 Å². The van der Waals surface area contributed by atoms with Crippen molar-refractivity contribution in [3.8, 4) is 0 Å². The number of nitrogens with zero attached hydrogens (tertiary/aromatic N) is 1. The third-order valence-corrected chi connectivity index (χ3v) is 3.84. The van der Waals surface area contributed by atoms with E-state index >= 15 is 0 Å². The van der Waals surface area contributed by atoms with Crippen LogP contribution in [0.3, 0.4) is 0 Å². The number of rotatable bonds is 5. The summed E-state index contributed by atoms with van der Waals surface area (Å²) in [6.07, 6.45) is -4.47. The molecule has 0 bridgehead atoms. The fraction of sp³-hybridized carbons (Fsp3) is 0.467. The van der Waals surface area contributed by atoms with Gasteiger partial charge in [0.1, 0.15) is 0 Å². The number of primary amides is 1. The maximum absolute atomic E-state index is 13.2. The van der Waals surface area contributed by atoms with Gasteiger partial charge in [-0.25, -0.2) is 0 Å². The van der Waals surface area contributed by atoms with Crippen molar-refractivity contribution in [2.75, 3.05) is 19.6 Å². The molecule has 1 saturated heterocycles. The quantitative estimate of drug-likeness (QED) is 0.843. The number of likely N-dealkylation sites (tertiary alicyclic amines) is 1. The van der Waals surface area contributed by atoms with Gasteiger partial charge >= 0.3 is 6.18 Å². The second-order valence-corrected chi connectivity index (χ2v) is 5.62. The van der Waals surface area contributed by atoms with E-state index in [0.717, 1.165) is 5.56 Å². The van der Waals surface area contributed by atoms with Crippen molar-refractivity contribution in [3.05, 3.63) is 35.9 Å². The number of carbonyl (C=O) groups excluding carboxylic acids is 2. The van der Waals surface area contributed by atoms with Gasteiger partial charge in [0.05, 0.1) is 18.4 Å². The van der Waals surface area contributed by atoms with Crippen LogP contribution in [0.15, 0.2) is 30.3 Å². The number of nitrogens with one attached hydrogen (secondary N) is 1. The Morgan fingerprint density at radius 1 is 1.22 bits per heavy atom. The van der Waals surface area contributed by atoms with E-state index < -0.39 is 36.4 Å². The lowest BCUT2D eigenvalue weighted by Crippen LogP contribution is -2.42. The smallest absolute Gasteiger partial charge is 0.368 e. The molecular formula is C15H18F3N3O2. The zero-order valence-electron chi connectivity index (χ0n) is 12.3. The van der Waals surface area contributed by atoms with Crippen LogP contribution >= 0.6 is 0 Å². The fourth-order valence-electron chi connectivity index (χ4n) is 2.76. The van der Waals surface area contributed by atoms with E-state index in [1.807, 2.05) is 30.3 Å². The molecule has 3 N–H and O–H groups in total. The third kappa shape index (κ3) is 4.69. The van der Waals surface area contributed by atoms with Crippen LogP contribution in [0.5, 0.6) is 0 Å². The molecule has 0 aliphatic carbocycles. The van der Waals surface area contributed by atoms with E-state index in [9.17, 15) is 22.8 Å². The molecule has 0 saturated carbocycles. The Morgan fingerprint density at radius 3 is 2.43 bits per heavy atom. The molecule has 0 spiro atoms. The number of carbonyl (C=O) groups is 2.